The van der Waals surface area contributed by atoms with E-state index in [9.17, 15) is 14.9 Å². The smallest absolute Gasteiger partial charge is 0.274 e. The number of hydrogen-bond acceptors (Lipinski definition) is 5. The molecule has 1 amide bonds. The molecule has 0 fully saturated rings. The molecule has 0 unspecified atom stereocenters. The van der Waals surface area contributed by atoms with E-state index in [2.05, 4.69) is 5.32 Å². The van der Waals surface area contributed by atoms with E-state index in [1.807, 2.05) is 13.0 Å². The number of benzene rings is 2. The quantitative estimate of drug-likeness (QED) is 0.621. The van der Waals surface area contributed by atoms with Crippen LogP contribution in [0.5, 0.6) is 11.5 Å². The molecule has 0 aliphatic heterocycles. The summed E-state index contributed by atoms with van der Waals surface area (Å²) in [5.74, 6) is 0.600. The van der Waals surface area contributed by atoms with Crippen LogP contribution < -0.4 is 14.8 Å². The highest BCUT2D eigenvalue weighted by atomic mass is 16.6. The molecule has 0 saturated carbocycles. The third kappa shape index (κ3) is 4.45. The fourth-order valence-electron chi connectivity index (χ4n) is 2.07. The van der Waals surface area contributed by atoms with Gasteiger partial charge < -0.3 is 14.8 Å². The van der Waals surface area contributed by atoms with Crippen LogP contribution in [0.25, 0.3) is 0 Å². The summed E-state index contributed by atoms with van der Waals surface area (Å²) in [7, 11) is 0. The first-order chi connectivity index (χ1) is 11.5. The van der Waals surface area contributed by atoms with Gasteiger partial charge in [0.25, 0.3) is 11.6 Å². The molecule has 1 N–H and O–H groups in total. The first-order valence-electron chi connectivity index (χ1n) is 7.40. The molecule has 0 bridgehead atoms. The van der Waals surface area contributed by atoms with Gasteiger partial charge in [-0.1, -0.05) is 18.2 Å². The molecule has 24 heavy (non-hydrogen) atoms. The van der Waals surface area contributed by atoms with Gasteiger partial charge in [0.05, 0.1) is 11.5 Å². The fourth-order valence-corrected chi connectivity index (χ4v) is 2.07. The monoisotopic (exact) mass is 330 g/mol. The van der Waals surface area contributed by atoms with E-state index in [4.69, 9.17) is 9.47 Å². The zero-order chi connectivity index (χ0) is 17.5. The number of ether oxygens (including phenoxy) is 2. The van der Waals surface area contributed by atoms with Crippen LogP contribution in [0, 0.1) is 17.0 Å². The minimum absolute atomic E-state index is 0.0459. The molecule has 0 radical (unpaired) electrons. The lowest BCUT2D eigenvalue weighted by Gasteiger charge is -2.11. The number of carbonyl (C=O) groups is 1. The highest BCUT2D eigenvalue weighted by Crippen LogP contribution is 2.26. The number of para-hydroxylation sites is 2. The van der Waals surface area contributed by atoms with Crippen molar-refractivity contribution < 1.29 is 19.2 Å². The first-order valence-corrected chi connectivity index (χ1v) is 7.40. The van der Waals surface area contributed by atoms with Crippen molar-refractivity contribution in [2.75, 3.05) is 18.5 Å². The van der Waals surface area contributed by atoms with E-state index in [1.54, 1.807) is 37.3 Å². The predicted octanol–water partition coefficient (Wildman–Crippen LogP) is 3.32. The second-order valence-electron chi connectivity index (χ2n) is 4.97. The Bertz CT molecular complexity index is 746. The van der Waals surface area contributed by atoms with Crippen molar-refractivity contribution in [3.63, 3.8) is 0 Å². The van der Waals surface area contributed by atoms with Crippen LogP contribution in [0.1, 0.15) is 12.5 Å². The number of nitrogens with zero attached hydrogens (tertiary/aromatic N) is 1. The largest absolute Gasteiger partial charge is 0.490 e. The number of anilines is 1. The van der Waals surface area contributed by atoms with Gasteiger partial charge in [-0.3, -0.25) is 14.9 Å². The third-order valence-corrected chi connectivity index (χ3v) is 3.20. The van der Waals surface area contributed by atoms with E-state index in [0.29, 0.717) is 29.4 Å². The Hall–Kier alpha value is -3.09. The van der Waals surface area contributed by atoms with E-state index in [-0.39, 0.29) is 12.3 Å². The Morgan fingerprint density at radius 3 is 2.46 bits per heavy atom. The molecule has 0 atom stereocenters. The van der Waals surface area contributed by atoms with Crippen molar-refractivity contribution in [3.05, 3.63) is 58.1 Å². The molecule has 0 spiro atoms. The van der Waals surface area contributed by atoms with E-state index in [0.717, 1.165) is 0 Å². The number of nitro groups is 1. The molecular formula is C17H18N2O5. The Balaban J connectivity index is 1.99. The Kier molecular flexibility index (Phi) is 5.73. The van der Waals surface area contributed by atoms with Gasteiger partial charge in [-0.25, -0.2) is 0 Å². The van der Waals surface area contributed by atoms with Crippen molar-refractivity contribution in [2.45, 2.75) is 13.8 Å². The van der Waals surface area contributed by atoms with Crippen molar-refractivity contribution in [3.8, 4) is 11.5 Å². The average Bonchev–Trinajstić information content (AvgIpc) is 2.56. The average molecular weight is 330 g/mol. The number of aryl methyl sites for hydroxylation is 1. The van der Waals surface area contributed by atoms with Gasteiger partial charge in [0.1, 0.15) is 0 Å². The Labute approximate surface area is 139 Å². The number of hydrogen-bond donors (Lipinski definition) is 1. The summed E-state index contributed by atoms with van der Waals surface area (Å²) in [5.41, 5.74) is 0.828. The molecule has 0 aromatic heterocycles. The van der Waals surface area contributed by atoms with Gasteiger partial charge in [0.15, 0.2) is 18.1 Å². The fraction of sp³-hybridized carbons (Fsp3) is 0.235. The summed E-state index contributed by atoms with van der Waals surface area (Å²) in [4.78, 5) is 22.4. The van der Waals surface area contributed by atoms with Crippen molar-refractivity contribution in [2.24, 2.45) is 0 Å². The van der Waals surface area contributed by atoms with Gasteiger partial charge in [-0.15, -0.1) is 0 Å². The zero-order valence-electron chi connectivity index (χ0n) is 13.4. The lowest BCUT2D eigenvalue weighted by Crippen LogP contribution is -2.20. The Morgan fingerprint density at radius 1 is 1.17 bits per heavy atom. The third-order valence-electron chi connectivity index (χ3n) is 3.20. The van der Waals surface area contributed by atoms with Crippen LogP contribution >= 0.6 is 0 Å². The number of nitrogens with one attached hydrogen (secondary N) is 1. The summed E-state index contributed by atoms with van der Waals surface area (Å²) in [5, 5.41) is 13.5. The second kappa shape index (κ2) is 7.96. The molecule has 7 heteroatoms. The molecule has 2 aromatic rings. The number of rotatable bonds is 7. The lowest BCUT2D eigenvalue weighted by molar-refractivity contribution is -0.385. The minimum Gasteiger partial charge on any atom is -0.490 e. The maximum atomic E-state index is 12.0. The number of nitro benzene ring substituents is 1. The summed E-state index contributed by atoms with van der Waals surface area (Å²) in [6.07, 6.45) is 0. The zero-order valence-corrected chi connectivity index (χ0v) is 13.4. The van der Waals surface area contributed by atoms with Gasteiger partial charge in [-0.2, -0.15) is 0 Å². The van der Waals surface area contributed by atoms with Gasteiger partial charge in [0, 0.05) is 17.3 Å². The molecule has 0 heterocycles. The van der Waals surface area contributed by atoms with Crippen molar-refractivity contribution in [1.82, 2.24) is 0 Å². The molecule has 7 nitrogen and oxygen atoms in total. The summed E-state index contributed by atoms with van der Waals surface area (Å²) in [6, 6.07) is 11.5. The summed E-state index contributed by atoms with van der Waals surface area (Å²) >= 11 is 0. The van der Waals surface area contributed by atoms with Crippen LogP contribution in [0.3, 0.4) is 0 Å². The summed E-state index contributed by atoms with van der Waals surface area (Å²) < 4.78 is 10.9. The maximum absolute atomic E-state index is 12.0. The normalized spacial score (nSPS) is 10.1. The molecule has 0 aliphatic rings. The molecule has 0 saturated heterocycles. The van der Waals surface area contributed by atoms with E-state index >= 15 is 0 Å². The highest BCUT2D eigenvalue weighted by molar-refractivity contribution is 5.92. The van der Waals surface area contributed by atoms with Gasteiger partial charge >= 0.3 is 0 Å². The standard InChI is InChI=1S/C17H18N2O5/c1-3-23-15-6-4-5-7-16(15)24-11-17(20)18-13-9-8-12(2)14(10-13)19(21)22/h4-10H,3,11H2,1-2H3,(H,18,20). The Morgan fingerprint density at radius 2 is 1.83 bits per heavy atom. The van der Waals surface area contributed by atoms with Gasteiger partial charge in [0.2, 0.25) is 0 Å². The summed E-state index contributed by atoms with van der Waals surface area (Å²) in [6.45, 7) is 3.75. The molecule has 2 rings (SSSR count). The number of carbonyl (C=O) groups excluding carboxylic acids is 1. The van der Waals surface area contributed by atoms with Crippen LogP contribution in [0.2, 0.25) is 0 Å². The van der Waals surface area contributed by atoms with Crippen molar-refractivity contribution in [1.29, 1.82) is 0 Å². The van der Waals surface area contributed by atoms with E-state index in [1.165, 1.54) is 6.07 Å². The SMILES string of the molecule is CCOc1ccccc1OCC(=O)Nc1ccc(C)c([N+](=O)[O-])c1. The minimum atomic E-state index is -0.486. The van der Waals surface area contributed by atoms with Gasteiger partial charge in [-0.05, 0) is 32.0 Å². The topological polar surface area (TPSA) is 90.7 Å². The maximum Gasteiger partial charge on any atom is 0.274 e. The molecular weight excluding hydrogens is 312 g/mol. The first kappa shape index (κ1) is 17.3. The van der Waals surface area contributed by atoms with Crippen LogP contribution in [0.4, 0.5) is 11.4 Å². The van der Waals surface area contributed by atoms with Crippen LogP contribution in [-0.4, -0.2) is 24.0 Å². The lowest BCUT2D eigenvalue weighted by atomic mass is 10.2. The van der Waals surface area contributed by atoms with Crippen LogP contribution in [0.15, 0.2) is 42.5 Å². The highest BCUT2D eigenvalue weighted by Gasteiger charge is 2.13. The second-order valence-corrected chi connectivity index (χ2v) is 4.97. The van der Waals surface area contributed by atoms with Crippen LogP contribution in [-0.2, 0) is 4.79 Å². The number of amides is 1. The predicted molar refractivity (Wildman–Crippen MR) is 89.6 cm³/mol. The van der Waals surface area contributed by atoms with E-state index < -0.39 is 10.8 Å². The molecule has 126 valence electrons. The molecule has 0 aliphatic carbocycles. The van der Waals surface area contributed by atoms with Crippen molar-refractivity contribution >= 4 is 17.3 Å². The molecule has 2 aromatic carbocycles.